The second kappa shape index (κ2) is 4.47. The Morgan fingerprint density at radius 3 is 2.76 bits per heavy atom. The number of benzene rings is 1. The van der Waals surface area contributed by atoms with Gasteiger partial charge in [-0.25, -0.2) is 0 Å². The molecule has 1 amide bonds. The molecule has 0 bridgehead atoms. The summed E-state index contributed by atoms with van der Waals surface area (Å²) in [4.78, 5) is 14.4. The van der Waals surface area contributed by atoms with Crippen LogP contribution < -0.4 is 10.6 Å². The number of rotatable bonds is 1. The fourth-order valence-corrected chi connectivity index (χ4v) is 2.63. The predicted octanol–water partition coefficient (Wildman–Crippen LogP) is 0.455. The minimum Gasteiger partial charge on any atom is -0.324 e. The number of fused-ring (bicyclic) bond motifs is 1. The number of hydrogen-bond donors (Lipinski definition) is 2. The maximum Gasteiger partial charge on any atom is 0.242 e. The largest absolute Gasteiger partial charge is 0.324 e. The van der Waals surface area contributed by atoms with Crippen LogP contribution in [-0.4, -0.2) is 43.0 Å². The third-order valence-corrected chi connectivity index (χ3v) is 3.58. The fraction of sp³-hybridized carbons (Fsp3) is 0.462. The molecular formula is C13H17N3O. The summed E-state index contributed by atoms with van der Waals surface area (Å²) < 4.78 is 0. The van der Waals surface area contributed by atoms with E-state index in [1.54, 1.807) is 0 Å². The van der Waals surface area contributed by atoms with Gasteiger partial charge < -0.3 is 10.6 Å². The third-order valence-electron chi connectivity index (χ3n) is 3.58. The van der Waals surface area contributed by atoms with Crippen LogP contribution in [0.4, 0.5) is 5.69 Å². The van der Waals surface area contributed by atoms with Crippen LogP contribution in [0.15, 0.2) is 24.3 Å². The lowest BCUT2D eigenvalue weighted by Gasteiger charge is -2.36. The summed E-state index contributed by atoms with van der Waals surface area (Å²) in [6, 6.07) is 8.08. The molecule has 3 rings (SSSR count). The summed E-state index contributed by atoms with van der Waals surface area (Å²) in [6.07, 6.45) is 0.835. The van der Waals surface area contributed by atoms with Crippen LogP contribution in [0.3, 0.4) is 0 Å². The van der Waals surface area contributed by atoms with Gasteiger partial charge in [0.1, 0.15) is 0 Å². The predicted molar refractivity (Wildman–Crippen MR) is 67.0 cm³/mol. The first-order chi connectivity index (χ1) is 8.34. The van der Waals surface area contributed by atoms with Crippen LogP contribution in [0.25, 0.3) is 0 Å². The topological polar surface area (TPSA) is 44.4 Å². The van der Waals surface area contributed by atoms with E-state index in [0.29, 0.717) is 0 Å². The Hall–Kier alpha value is -1.39. The summed E-state index contributed by atoms with van der Waals surface area (Å²) in [5, 5.41) is 6.32. The molecule has 1 aromatic rings. The average molecular weight is 231 g/mol. The summed E-state index contributed by atoms with van der Waals surface area (Å²) in [5.41, 5.74) is 2.22. The van der Waals surface area contributed by atoms with Crippen molar-refractivity contribution in [1.82, 2.24) is 10.2 Å². The highest BCUT2D eigenvalue weighted by Gasteiger charge is 2.31. The van der Waals surface area contributed by atoms with Crippen LogP contribution in [0.1, 0.15) is 5.56 Å². The van der Waals surface area contributed by atoms with Crippen molar-refractivity contribution in [3.05, 3.63) is 29.8 Å². The van der Waals surface area contributed by atoms with Gasteiger partial charge in [0.15, 0.2) is 0 Å². The van der Waals surface area contributed by atoms with Gasteiger partial charge >= 0.3 is 0 Å². The van der Waals surface area contributed by atoms with Crippen molar-refractivity contribution in [1.29, 1.82) is 0 Å². The number of para-hydroxylation sites is 1. The Labute approximate surface area is 101 Å². The Bertz CT molecular complexity index is 426. The van der Waals surface area contributed by atoms with E-state index in [1.807, 2.05) is 18.2 Å². The van der Waals surface area contributed by atoms with E-state index in [9.17, 15) is 4.79 Å². The first-order valence-corrected chi connectivity index (χ1v) is 6.18. The molecule has 1 aromatic carbocycles. The number of piperazine rings is 1. The Balaban J connectivity index is 1.81. The van der Waals surface area contributed by atoms with Crippen LogP contribution >= 0.6 is 0 Å². The second-order valence-corrected chi connectivity index (χ2v) is 4.65. The lowest BCUT2D eigenvalue weighted by Crippen LogP contribution is -2.54. The molecule has 0 radical (unpaired) electrons. The maximum absolute atomic E-state index is 12.1. The zero-order chi connectivity index (χ0) is 11.7. The Morgan fingerprint density at radius 2 is 1.94 bits per heavy atom. The van der Waals surface area contributed by atoms with Crippen molar-refractivity contribution in [2.24, 2.45) is 0 Å². The molecule has 2 heterocycles. The SMILES string of the molecule is O=C1Nc2ccccc2C[C@H]1N1CCNCC1. The van der Waals surface area contributed by atoms with Crippen molar-refractivity contribution in [3.8, 4) is 0 Å². The number of anilines is 1. The number of carbonyl (C=O) groups excluding carboxylic acids is 1. The van der Waals surface area contributed by atoms with Crippen molar-refractivity contribution in [2.45, 2.75) is 12.5 Å². The lowest BCUT2D eigenvalue weighted by atomic mass is 9.97. The lowest BCUT2D eigenvalue weighted by molar-refractivity contribution is -0.121. The summed E-state index contributed by atoms with van der Waals surface area (Å²) in [6.45, 7) is 3.87. The molecule has 1 saturated heterocycles. The van der Waals surface area contributed by atoms with Gasteiger partial charge in [-0.3, -0.25) is 9.69 Å². The van der Waals surface area contributed by atoms with E-state index < -0.39 is 0 Å². The fourth-order valence-electron chi connectivity index (χ4n) is 2.63. The van der Waals surface area contributed by atoms with E-state index in [4.69, 9.17) is 0 Å². The molecule has 2 aliphatic heterocycles. The van der Waals surface area contributed by atoms with Gasteiger partial charge in [-0.1, -0.05) is 18.2 Å². The molecule has 2 N–H and O–H groups in total. The van der Waals surface area contributed by atoms with Gasteiger partial charge in [-0.2, -0.15) is 0 Å². The number of nitrogens with one attached hydrogen (secondary N) is 2. The molecule has 4 heteroatoms. The molecule has 0 saturated carbocycles. The first kappa shape index (κ1) is 10.7. The molecular weight excluding hydrogens is 214 g/mol. The molecule has 0 spiro atoms. The zero-order valence-electron chi connectivity index (χ0n) is 9.78. The number of nitrogens with zero attached hydrogens (tertiary/aromatic N) is 1. The summed E-state index contributed by atoms with van der Waals surface area (Å²) in [7, 11) is 0. The van der Waals surface area contributed by atoms with Crippen molar-refractivity contribution in [3.63, 3.8) is 0 Å². The number of carbonyl (C=O) groups is 1. The highest BCUT2D eigenvalue weighted by molar-refractivity contribution is 5.98. The van der Waals surface area contributed by atoms with Gasteiger partial charge in [0.2, 0.25) is 5.91 Å². The van der Waals surface area contributed by atoms with Gasteiger partial charge in [-0.05, 0) is 18.1 Å². The average Bonchev–Trinajstić information content (AvgIpc) is 2.39. The summed E-state index contributed by atoms with van der Waals surface area (Å²) >= 11 is 0. The molecule has 2 aliphatic rings. The van der Waals surface area contributed by atoms with Crippen LogP contribution in [0, 0.1) is 0 Å². The Kier molecular flexibility index (Phi) is 2.82. The molecule has 1 fully saturated rings. The minimum atomic E-state index is 0.00648. The van der Waals surface area contributed by atoms with Crippen molar-refractivity contribution >= 4 is 11.6 Å². The quantitative estimate of drug-likeness (QED) is 0.738. The van der Waals surface area contributed by atoms with Crippen molar-refractivity contribution < 1.29 is 4.79 Å². The zero-order valence-corrected chi connectivity index (χ0v) is 9.78. The molecule has 0 aliphatic carbocycles. The smallest absolute Gasteiger partial charge is 0.242 e. The molecule has 0 unspecified atom stereocenters. The van der Waals surface area contributed by atoms with Gasteiger partial charge in [0, 0.05) is 31.9 Å². The molecule has 1 atom stereocenters. The number of hydrogen-bond acceptors (Lipinski definition) is 3. The highest BCUT2D eigenvalue weighted by atomic mass is 16.2. The van der Waals surface area contributed by atoms with E-state index in [-0.39, 0.29) is 11.9 Å². The van der Waals surface area contributed by atoms with E-state index in [2.05, 4.69) is 21.6 Å². The van der Waals surface area contributed by atoms with E-state index in [1.165, 1.54) is 5.56 Å². The molecule has 17 heavy (non-hydrogen) atoms. The van der Waals surface area contributed by atoms with Gasteiger partial charge in [-0.15, -0.1) is 0 Å². The molecule has 90 valence electrons. The highest BCUT2D eigenvalue weighted by Crippen LogP contribution is 2.24. The minimum absolute atomic E-state index is 0.00648. The van der Waals surface area contributed by atoms with Crippen LogP contribution in [-0.2, 0) is 11.2 Å². The normalized spacial score (nSPS) is 25.2. The third kappa shape index (κ3) is 2.06. The van der Waals surface area contributed by atoms with E-state index in [0.717, 1.165) is 38.3 Å². The van der Waals surface area contributed by atoms with Crippen LogP contribution in [0.5, 0.6) is 0 Å². The van der Waals surface area contributed by atoms with Gasteiger partial charge in [0.25, 0.3) is 0 Å². The van der Waals surface area contributed by atoms with Gasteiger partial charge in [0.05, 0.1) is 6.04 Å². The first-order valence-electron chi connectivity index (χ1n) is 6.18. The maximum atomic E-state index is 12.1. The second-order valence-electron chi connectivity index (χ2n) is 4.65. The molecule has 0 aromatic heterocycles. The molecule has 4 nitrogen and oxygen atoms in total. The van der Waals surface area contributed by atoms with Crippen LogP contribution in [0.2, 0.25) is 0 Å². The van der Waals surface area contributed by atoms with E-state index >= 15 is 0 Å². The summed E-state index contributed by atoms with van der Waals surface area (Å²) in [5.74, 6) is 0.144. The standard InChI is InChI=1S/C13H17N3O/c17-13-12(16-7-5-14-6-8-16)9-10-3-1-2-4-11(10)15-13/h1-4,12,14H,5-9H2,(H,15,17)/t12-/m1/s1. The monoisotopic (exact) mass is 231 g/mol. The Morgan fingerprint density at radius 1 is 1.18 bits per heavy atom. The number of amides is 1. The van der Waals surface area contributed by atoms with Crippen molar-refractivity contribution in [2.75, 3.05) is 31.5 Å².